The highest BCUT2D eigenvalue weighted by atomic mass is 35.5. The Morgan fingerprint density at radius 3 is 2.67 bits per heavy atom. The lowest BCUT2D eigenvalue weighted by Crippen LogP contribution is -1.77. The van der Waals surface area contributed by atoms with Gasteiger partial charge in [-0.1, -0.05) is 28.9 Å². The van der Waals surface area contributed by atoms with E-state index in [2.05, 4.69) is 10.1 Å². The van der Waals surface area contributed by atoms with E-state index in [-0.39, 0.29) is 0 Å². The van der Waals surface area contributed by atoms with Crippen LogP contribution in [-0.4, -0.2) is 10.1 Å². The van der Waals surface area contributed by atoms with Crippen molar-refractivity contribution in [2.24, 2.45) is 0 Å². The Hall–Kier alpha value is -2.13. The number of aromatic nitrogens is 2. The van der Waals surface area contributed by atoms with Crippen LogP contribution in [-0.2, 0) is 0 Å². The number of halogens is 1. The van der Waals surface area contributed by atoms with Crippen LogP contribution in [0.25, 0.3) is 22.6 Å². The van der Waals surface area contributed by atoms with Crippen molar-refractivity contribution in [1.82, 2.24) is 10.1 Å². The van der Waals surface area contributed by atoms with Gasteiger partial charge in [0.05, 0.1) is 0 Å². The Labute approximate surface area is 109 Å². The molecule has 0 amide bonds. The molecule has 0 saturated carbocycles. The number of benzene rings is 1. The summed E-state index contributed by atoms with van der Waals surface area (Å²) in [6, 6.07) is 13.2. The molecule has 0 N–H and O–H groups in total. The third-order valence-electron chi connectivity index (χ3n) is 2.58. The quantitative estimate of drug-likeness (QED) is 0.694. The van der Waals surface area contributed by atoms with E-state index in [1.807, 2.05) is 42.5 Å². The topological polar surface area (TPSA) is 38.9 Å². The van der Waals surface area contributed by atoms with Crippen LogP contribution in [0.15, 0.2) is 59.4 Å². The predicted octanol–water partition coefficient (Wildman–Crippen LogP) is 4.06. The third kappa shape index (κ3) is 2.13. The van der Waals surface area contributed by atoms with Crippen molar-refractivity contribution in [3.8, 4) is 22.6 Å². The molecule has 0 aliphatic carbocycles. The van der Waals surface area contributed by atoms with Crippen LogP contribution in [0.4, 0.5) is 0 Å². The molecule has 88 valence electrons. The first-order valence-electron chi connectivity index (χ1n) is 5.46. The van der Waals surface area contributed by atoms with Crippen LogP contribution in [0.2, 0.25) is 5.02 Å². The summed E-state index contributed by atoms with van der Waals surface area (Å²) in [5.41, 5.74) is 2.60. The van der Waals surface area contributed by atoms with Crippen molar-refractivity contribution in [2.45, 2.75) is 0 Å². The first-order chi connectivity index (χ1) is 8.83. The van der Waals surface area contributed by atoms with Gasteiger partial charge in [-0.3, -0.25) is 4.98 Å². The normalized spacial score (nSPS) is 10.5. The maximum Gasteiger partial charge on any atom is 0.167 e. The molecule has 2 heterocycles. The van der Waals surface area contributed by atoms with E-state index in [9.17, 15) is 0 Å². The molecule has 0 atom stereocenters. The minimum absolute atomic E-state index is 0.673. The fourth-order valence-electron chi connectivity index (χ4n) is 1.70. The molecule has 3 rings (SSSR count). The lowest BCUT2D eigenvalue weighted by molar-refractivity contribution is 0.435. The SMILES string of the molecule is Clc1cccc(-c2cc(-c3cccnc3)no2)c1. The zero-order valence-electron chi connectivity index (χ0n) is 9.38. The Morgan fingerprint density at radius 2 is 1.89 bits per heavy atom. The molecule has 0 saturated heterocycles. The van der Waals surface area contributed by atoms with Crippen LogP contribution >= 0.6 is 11.6 Å². The molecule has 3 aromatic rings. The van der Waals surface area contributed by atoms with Crippen LogP contribution in [0.1, 0.15) is 0 Å². The van der Waals surface area contributed by atoms with E-state index < -0.39 is 0 Å². The Morgan fingerprint density at radius 1 is 1.00 bits per heavy atom. The highest BCUT2D eigenvalue weighted by molar-refractivity contribution is 6.30. The van der Waals surface area contributed by atoms with Crippen LogP contribution in [0, 0.1) is 0 Å². The summed E-state index contributed by atoms with van der Waals surface area (Å²) < 4.78 is 5.32. The zero-order chi connectivity index (χ0) is 12.4. The Balaban J connectivity index is 2.00. The molecule has 0 unspecified atom stereocenters. The smallest absolute Gasteiger partial charge is 0.167 e. The van der Waals surface area contributed by atoms with Gasteiger partial charge < -0.3 is 4.52 Å². The largest absolute Gasteiger partial charge is 0.356 e. The molecule has 18 heavy (non-hydrogen) atoms. The van der Waals surface area contributed by atoms with E-state index in [1.54, 1.807) is 12.4 Å². The Kier molecular flexibility index (Phi) is 2.82. The molecule has 0 aliphatic heterocycles. The average molecular weight is 257 g/mol. The second-order valence-corrected chi connectivity index (χ2v) is 4.26. The van der Waals surface area contributed by atoms with Crippen molar-refractivity contribution < 1.29 is 4.52 Å². The van der Waals surface area contributed by atoms with Crippen LogP contribution < -0.4 is 0 Å². The molecule has 2 aromatic heterocycles. The maximum atomic E-state index is 5.95. The van der Waals surface area contributed by atoms with Gasteiger partial charge in [0.1, 0.15) is 5.69 Å². The predicted molar refractivity (Wildman–Crippen MR) is 70.2 cm³/mol. The first-order valence-corrected chi connectivity index (χ1v) is 5.84. The zero-order valence-corrected chi connectivity index (χ0v) is 10.1. The standard InChI is InChI=1S/C14H9ClN2O/c15-12-5-1-3-10(7-12)14-8-13(17-18-14)11-4-2-6-16-9-11/h1-9H. The van der Waals surface area contributed by atoms with Gasteiger partial charge in [0.15, 0.2) is 5.76 Å². The summed E-state index contributed by atoms with van der Waals surface area (Å²) >= 11 is 5.95. The summed E-state index contributed by atoms with van der Waals surface area (Å²) in [5, 5.41) is 4.71. The van der Waals surface area contributed by atoms with Gasteiger partial charge in [-0.2, -0.15) is 0 Å². The molecule has 4 heteroatoms. The molecule has 0 radical (unpaired) electrons. The number of rotatable bonds is 2. The first kappa shape index (κ1) is 11.0. The number of pyridine rings is 1. The van der Waals surface area contributed by atoms with Crippen molar-refractivity contribution >= 4 is 11.6 Å². The van der Waals surface area contributed by atoms with Crippen LogP contribution in [0.5, 0.6) is 0 Å². The van der Waals surface area contributed by atoms with Gasteiger partial charge in [0, 0.05) is 34.6 Å². The number of nitrogens with zero attached hydrogens (tertiary/aromatic N) is 2. The minimum Gasteiger partial charge on any atom is -0.356 e. The molecule has 0 fully saturated rings. The monoisotopic (exact) mass is 256 g/mol. The molecular formula is C14H9ClN2O. The van der Waals surface area contributed by atoms with E-state index in [0.29, 0.717) is 10.8 Å². The Bertz CT molecular complexity index is 664. The molecule has 0 aliphatic rings. The summed E-state index contributed by atoms with van der Waals surface area (Å²) in [7, 11) is 0. The lowest BCUT2D eigenvalue weighted by atomic mass is 10.1. The van der Waals surface area contributed by atoms with Gasteiger partial charge >= 0.3 is 0 Å². The molecule has 3 nitrogen and oxygen atoms in total. The van der Waals surface area contributed by atoms with E-state index in [0.717, 1.165) is 16.8 Å². The molecule has 0 bridgehead atoms. The summed E-state index contributed by atoms with van der Waals surface area (Å²) in [4.78, 5) is 4.05. The third-order valence-corrected chi connectivity index (χ3v) is 2.81. The molecular weight excluding hydrogens is 248 g/mol. The maximum absolute atomic E-state index is 5.95. The average Bonchev–Trinajstić information content (AvgIpc) is 2.89. The molecule has 0 spiro atoms. The van der Waals surface area contributed by atoms with E-state index in [1.165, 1.54) is 0 Å². The van der Waals surface area contributed by atoms with Gasteiger partial charge in [-0.25, -0.2) is 0 Å². The fourth-order valence-corrected chi connectivity index (χ4v) is 1.89. The summed E-state index contributed by atoms with van der Waals surface area (Å²) in [5.74, 6) is 0.691. The number of hydrogen-bond donors (Lipinski definition) is 0. The van der Waals surface area contributed by atoms with Gasteiger partial charge in [0.2, 0.25) is 0 Å². The van der Waals surface area contributed by atoms with Crippen molar-refractivity contribution in [2.75, 3.05) is 0 Å². The summed E-state index contributed by atoms with van der Waals surface area (Å²) in [6.45, 7) is 0. The van der Waals surface area contributed by atoms with E-state index in [4.69, 9.17) is 16.1 Å². The second kappa shape index (κ2) is 4.63. The van der Waals surface area contributed by atoms with Crippen molar-refractivity contribution in [3.63, 3.8) is 0 Å². The second-order valence-electron chi connectivity index (χ2n) is 3.83. The highest BCUT2D eigenvalue weighted by Gasteiger charge is 2.08. The van der Waals surface area contributed by atoms with Gasteiger partial charge in [-0.05, 0) is 24.3 Å². The van der Waals surface area contributed by atoms with Crippen molar-refractivity contribution in [1.29, 1.82) is 0 Å². The fraction of sp³-hybridized carbons (Fsp3) is 0. The van der Waals surface area contributed by atoms with Crippen LogP contribution in [0.3, 0.4) is 0 Å². The molecule has 1 aromatic carbocycles. The number of hydrogen-bond acceptors (Lipinski definition) is 3. The van der Waals surface area contributed by atoms with E-state index >= 15 is 0 Å². The van der Waals surface area contributed by atoms with Gasteiger partial charge in [-0.15, -0.1) is 0 Å². The van der Waals surface area contributed by atoms with Crippen molar-refractivity contribution in [3.05, 3.63) is 59.9 Å². The highest BCUT2D eigenvalue weighted by Crippen LogP contribution is 2.26. The minimum atomic E-state index is 0.673. The van der Waals surface area contributed by atoms with Gasteiger partial charge in [0.25, 0.3) is 0 Å². The summed E-state index contributed by atoms with van der Waals surface area (Å²) in [6.07, 6.45) is 3.47. The lowest BCUT2D eigenvalue weighted by Gasteiger charge is -1.94.